The van der Waals surface area contributed by atoms with Gasteiger partial charge in [-0.05, 0) is 73.4 Å². The number of amides is 1. The van der Waals surface area contributed by atoms with Gasteiger partial charge in [-0.25, -0.2) is 9.29 Å². The Bertz CT molecular complexity index is 869. The third-order valence-corrected chi connectivity index (χ3v) is 7.18. The first-order valence-electron chi connectivity index (χ1n) is 11.0. The van der Waals surface area contributed by atoms with E-state index in [9.17, 15) is 4.79 Å². The summed E-state index contributed by atoms with van der Waals surface area (Å²) in [7, 11) is 0. The van der Waals surface area contributed by atoms with Gasteiger partial charge in [0.2, 0.25) is 0 Å². The van der Waals surface area contributed by atoms with Gasteiger partial charge in [0.25, 0.3) is 5.91 Å². The summed E-state index contributed by atoms with van der Waals surface area (Å²) in [6.07, 6.45) is 7.86. The van der Waals surface area contributed by atoms with E-state index in [1.807, 2.05) is 24.3 Å². The van der Waals surface area contributed by atoms with Crippen LogP contribution in [0.2, 0.25) is 0 Å². The van der Waals surface area contributed by atoms with Crippen LogP contribution in [-0.4, -0.2) is 41.4 Å². The molecule has 0 radical (unpaired) electrons. The molecular formula is C24H32N4OS. The smallest absolute Gasteiger partial charge is 0.259 e. The molecule has 2 aliphatic heterocycles. The maximum Gasteiger partial charge on any atom is 0.259 e. The van der Waals surface area contributed by atoms with Crippen molar-refractivity contribution in [3.8, 4) is 0 Å². The van der Waals surface area contributed by atoms with Crippen LogP contribution < -0.4 is 10.2 Å². The molecule has 2 fully saturated rings. The highest BCUT2D eigenvalue weighted by molar-refractivity contribution is 7.97. The van der Waals surface area contributed by atoms with Gasteiger partial charge in [-0.2, -0.15) is 0 Å². The van der Waals surface area contributed by atoms with Crippen molar-refractivity contribution in [2.24, 2.45) is 5.41 Å². The molecule has 3 heterocycles. The molecule has 0 aliphatic carbocycles. The lowest BCUT2D eigenvalue weighted by atomic mass is 9.82. The van der Waals surface area contributed by atoms with E-state index in [4.69, 9.17) is 0 Å². The van der Waals surface area contributed by atoms with Crippen LogP contribution in [0.15, 0.2) is 47.5 Å². The molecule has 2 aliphatic rings. The van der Waals surface area contributed by atoms with Crippen molar-refractivity contribution in [1.82, 2.24) is 9.29 Å². The molecule has 0 saturated carbocycles. The number of rotatable bonds is 5. The van der Waals surface area contributed by atoms with Crippen molar-refractivity contribution in [2.45, 2.75) is 50.8 Å². The first-order valence-corrected chi connectivity index (χ1v) is 11.8. The number of nitrogens with zero attached hydrogens (tertiary/aromatic N) is 3. The Morgan fingerprint density at radius 3 is 2.57 bits per heavy atom. The van der Waals surface area contributed by atoms with E-state index in [0.29, 0.717) is 11.0 Å². The Morgan fingerprint density at radius 2 is 1.80 bits per heavy atom. The van der Waals surface area contributed by atoms with Gasteiger partial charge in [-0.3, -0.25) is 4.79 Å². The quantitative estimate of drug-likeness (QED) is 0.647. The molecule has 160 valence electrons. The van der Waals surface area contributed by atoms with Crippen molar-refractivity contribution >= 4 is 29.4 Å². The maximum absolute atomic E-state index is 13.1. The molecule has 4 rings (SSSR count). The topological polar surface area (TPSA) is 48.5 Å². The second kappa shape index (κ2) is 9.40. The molecule has 0 atom stereocenters. The van der Waals surface area contributed by atoms with Gasteiger partial charge in [0, 0.05) is 43.0 Å². The zero-order valence-corrected chi connectivity index (χ0v) is 18.9. The first kappa shape index (κ1) is 21.2. The summed E-state index contributed by atoms with van der Waals surface area (Å²) in [6, 6.07) is 11.9. The van der Waals surface area contributed by atoms with E-state index in [0.717, 1.165) is 50.5 Å². The van der Waals surface area contributed by atoms with Gasteiger partial charge in [0.1, 0.15) is 5.82 Å². The zero-order valence-electron chi connectivity index (χ0n) is 18.1. The highest BCUT2D eigenvalue weighted by Gasteiger charge is 2.28. The molecule has 1 aromatic heterocycles. The number of benzene rings is 1. The van der Waals surface area contributed by atoms with Gasteiger partial charge >= 0.3 is 0 Å². The highest BCUT2D eigenvalue weighted by atomic mass is 32.2. The fourth-order valence-electron chi connectivity index (χ4n) is 4.08. The molecular weight excluding hydrogens is 392 g/mol. The highest BCUT2D eigenvalue weighted by Crippen LogP contribution is 2.33. The number of pyridine rings is 1. The fraction of sp³-hybridized carbons (Fsp3) is 0.500. The third kappa shape index (κ3) is 5.35. The monoisotopic (exact) mass is 424 g/mol. The van der Waals surface area contributed by atoms with Gasteiger partial charge in [-0.1, -0.05) is 26.3 Å². The predicted octanol–water partition coefficient (Wildman–Crippen LogP) is 5.45. The van der Waals surface area contributed by atoms with E-state index in [1.165, 1.54) is 24.2 Å². The Labute approximate surface area is 184 Å². The number of carbonyl (C=O) groups excluding carboxylic acids is 1. The molecule has 5 nitrogen and oxygen atoms in total. The minimum Gasteiger partial charge on any atom is -0.356 e. The molecule has 30 heavy (non-hydrogen) atoms. The largest absolute Gasteiger partial charge is 0.356 e. The lowest BCUT2D eigenvalue weighted by Crippen LogP contribution is -2.38. The third-order valence-electron chi connectivity index (χ3n) is 6.09. The van der Waals surface area contributed by atoms with Crippen LogP contribution in [0.5, 0.6) is 0 Å². The maximum atomic E-state index is 13.1. The molecule has 0 bridgehead atoms. The minimum absolute atomic E-state index is 0.0944. The van der Waals surface area contributed by atoms with Crippen LogP contribution in [0.25, 0.3) is 0 Å². The Morgan fingerprint density at radius 1 is 1.03 bits per heavy atom. The number of carbonyl (C=O) groups is 1. The summed E-state index contributed by atoms with van der Waals surface area (Å²) in [5.41, 5.74) is 1.84. The van der Waals surface area contributed by atoms with Crippen molar-refractivity contribution in [1.29, 1.82) is 0 Å². The average molecular weight is 425 g/mol. The lowest BCUT2D eigenvalue weighted by Gasteiger charge is -2.38. The molecule has 1 aromatic carbocycles. The number of anilines is 2. The van der Waals surface area contributed by atoms with Crippen LogP contribution >= 0.6 is 11.9 Å². The van der Waals surface area contributed by atoms with Crippen molar-refractivity contribution in [3.05, 3.63) is 48.2 Å². The van der Waals surface area contributed by atoms with Crippen molar-refractivity contribution < 1.29 is 4.79 Å². The first-order chi connectivity index (χ1) is 14.5. The Kier molecular flexibility index (Phi) is 6.64. The summed E-state index contributed by atoms with van der Waals surface area (Å²) in [4.78, 5) is 21.1. The summed E-state index contributed by atoms with van der Waals surface area (Å²) in [5, 5.41) is 3.09. The second-order valence-corrected chi connectivity index (χ2v) is 10.3. The molecule has 2 aromatic rings. The fourth-order valence-corrected chi connectivity index (χ4v) is 5.14. The van der Waals surface area contributed by atoms with Gasteiger partial charge in [-0.15, -0.1) is 0 Å². The predicted molar refractivity (Wildman–Crippen MR) is 125 cm³/mol. The van der Waals surface area contributed by atoms with E-state index < -0.39 is 0 Å². The van der Waals surface area contributed by atoms with Crippen LogP contribution in [-0.2, 0) is 0 Å². The van der Waals surface area contributed by atoms with Gasteiger partial charge < -0.3 is 10.2 Å². The number of hydrogen-bond acceptors (Lipinski definition) is 5. The zero-order chi connectivity index (χ0) is 21.0. The van der Waals surface area contributed by atoms with Gasteiger partial charge in [0.15, 0.2) is 0 Å². The average Bonchev–Trinajstić information content (AvgIpc) is 2.75. The van der Waals surface area contributed by atoms with Crippen molar-refractivity contribution in [3.63, 3.8) is 0 Å². The minimum atomic E-state index is -0.0944. The molecule has 1 N–H and O–H groups in total. The van der Waals surface area contributed by atoms with Crippen molar-refractivity contribution in [2.75, 3.05) is 36.4 Å². The Hall–Kier alpha value is -2.05. The standard InChI is InChI=1S/C24H32N4OS/c1-24(2)11-16-27(17-12-24)22-21(10-7-13-25-22)23(29)26-19-8-6-9-20(18-19)30-28-14-4-3-5-15-28/h6-10,13,18H,3-5,11-12,14-17H2,1-2H3,(H,26,29). The second-order valence-electron chi connectivity index (χ2n) is 9.09. The summed E-state index contributed by atoms with van der Waals surface area (Å²) < 4.78 is 2.42. The van der Waals surface area contributed by atoms with E-state index in [2.05, 4.69) is 45.5 Å². The van der Waals surface area contributed by atoms with Gasteiger partial charge in [0.05, 0.1) is 5.56 Å². The molecule has 1 amide bonds. The summed E-state index contributed by atoms with van der Waals surface area (Å²) in [6.45, 7) is 8.76. The van der Waals surface area contributed by atoms with E-state index >= 15 is 0 Å². The molecule has 2 saturated heterocycles. The number of aromatic nitrogens is 1. The van der Waals surface area contributed by atoms with Crippen LogP contribution in [0.4, 0.5) is 11.5 Å². The molecule has 6 heteroatoms. The summed E-state index contributed by atoms with van der Waals surface area (Å²) in [5.74, 6) is 0.701. The van der Waals surface area contributed by atoms with Crippen LogP contribution in [0.1, 0.15) is 56.3 Å². The number of nitrogens with one attached hydrogen (secondary N) is 1. The lowest BCUT2D eigenvalue weighted by molar-refractivity contribution is 0.102. The molecule has 0 spiro atoms. The number of piperidine rings is 2. The van der Waals surface area contributed by atoms with E-state index in [1.54, 1.807) is 18.1 Å². The molecule has 0 unspecified atom stereocenters. The normalized spacial score (nSPS) is 19.5. The number of hydrogen-bond donors (Lipinski definition) is 1. The Balaban J connectivity index is 1.45. The SMILES string of the molecule is CC1(C)CCN(c2ncccc2C(=O)Nc2cccc(SN3CCCCC3)c2)CC1. The van der Waals surface area contributed by atoms with Crippen LogP contribution in [0.3, 0.4) is 0 Å². The van der Waals surface area contributed by atoms with E-state index in [-0.39, 0.29) is 5.91 Å². The summed E-state index contributed by atoms with van der Waals surface area (Å²) >= 11 is 1.79. The van der Waals surface area contributed by atoms with Crippen LogP contribution in [0, 0.1) is 5.41 Å².